The summed E-state index contributed by atoms with van der Waals surface area (Å²) in [5.41, 5.74) is 0.909. The molecule has 9 nitrogen and oxygen atoms in total. The fraction of sp³-hybridized carbons (Fsp3) is 0.462. The number of carboxylic acids is 1. The summed E-state index contributed by atoms with van der Waals surface area (Å²) in [5, 5.41) is 7.40. The molecule has 1 N–H and O–H groups in total. The molecule has 218 valence electrons. The van der Waals surface area contributed by atoms with Crippen molar-refractivity contribution in [1.29, 1.82) is 0 Å². The Morgan fingerprint density at radius 2 is 1.73 bits per heavy atom. The maximum Gasteiger partial charge on any atom is 0.490 e. The van der Waals surface area contributed by atoms with E-state index in [1.54, 1.807) is 22.6 Å². The van der Waals surface area contributed by atoms with Crippen LogP contribution >= 0.6 is 11.6 Å². The van der Waals surface area contributed by atoms with E-state index in [4.69, 9.17) is 26.2 Å². The van der Waals surface area contributed by atoms with E-state index in [0.29, 0.717) is 31.6 Å². The Bertz CT molecular complexity index is 1300. The minimum Gasteiger partial charge on any atom is -0.475 e. The predicted octanol–water partition coefficient (Wildman–Crippen LogP) is 4.05. The third kappa shape index (κ3) is 7.45. The van der Waals surface area contributed by atoms with Crippen molar-refractivity contribution >= 4 is 33.3 Å². The number of benzene rings is 1. The maximum atomic E-state index is 13.3. The molecule has 0 spiro atoms. The molecule has 0 bridgehead atoms. The number of pyridine rings is 1. The van der Waals surface area contributed by atoms with Gasteiger partial charge in [-0.15, -0.1) is 0 Å². The van der Waals surface area contributed by atoms with Crippen molar-refractivity contribution in [3.05, 3.63) is 59.8 Å². The fourth-order valence-electron chi connectivity index (χ4n) is 4.92. The Kier molecular flexibility index (Phi) is 9.60. The fourth-order valence-corrected chi connectivity index (χ4v) is 6.90. The van der Waals surface area contributed by atoms with Crippen molar-refractivity contribution in [3.63, 3.8) is 0 Å². The Morgan fingerprint density at radius 1 is 1.05 bits per heavy atom. The molecule has 14 heteroatoms. The van der Waals surface area contributed by atoms with Gasteiger partial charge in [0.05, 0.1) is 11.6 Å². The van der Waals surface area contributed by atoms with E-state index in [2.05, 4.69) is 26.9 Å². The number of nitrogens with zero attached hydrogens (tertiary/aromatic N) is 4. The third-order valence-corrected chi connectivity index (χ3v) is 9.38. The van der Waals surface area contributed by atoms with Crippen LogP contribution < -0.4 is 9.64 Å². The summed E-state index contributed by atoms with van der Waals surface area (Å²) < 4.78 is 65.9. The first-order valence-corrected chi connectivity index (χ1v) is 14.6. The molecule has 1 aromatic heterocycles. The number of anilines is 1. The minimum atomic E-state index is -5.08. The quantitative estimate of drug-likeness (QED) is 0.494. The summed E-state index contributed by atoms with van der Waals surface area (Å²) in [6.45, 7) is 4.51. The SMILES string of the molecule is O=C(O)C(F)(F)F.O=S(=O)(c1ccc(N2CCC(Oc3ccccn3)C2)cc1Cl)N1CCC(N2CC=CC2)CC1. The molecule has 1 unspecified atom stereocenters. The molecule has 4 heterocycles. The normalized spacial score (nSPS) is 20.8. The number of aliphatic carboxylic acids is 1. The van der Waals surface area contributed by atoms with Crippen LogP contribution in [0.2, 0.25) is 5.02 Å². The van der Waals surface area contributed by atoms with Crippen LogP contribution in [0, 0.1) is 0 Å². The lowest BCUT2D eigenvalue weighted by Crippen LogP contribution is -2.46. The van der Waals surface area contributed by atoms with Gasteiger partial charge < -0.3 is 14.7 Å². The number of hydrogen-bond donors (Lipinski definition) is 1. The topological polar surface area (TPSA) is 103 Å². The van der Waals surface area contributed by atoms with E-state index in [1.165, 1.54) is 0 Å². The first-order chi connectivity index (χ1) is 18.9. The van der Waals surface area contributed by atoms with Gasteiger partial charge in [0.1, 0.15) is 11.0 Å². The summed E-state index contributed by atoms with van der Waals surface area (Å²) in [5.74, 6) is -2.14. The van der Waals surface area contributed by atoms with Gasteiger partial charge in [0.15, 0.2) is 0 Å². The molecule has 3 aliphatic rings. The summed E-state index contributed by atoms with van der Waals surface area (Å²) in [6, 6.07) is 11.3. The molecular formula is C26H30ClF3N4O5S. The number of ether oxygens (including phenoxy) is 1. The first kappa shape index (κ1) is 30.1. The summed E-state index contributed by atoms with van der Waals surface area (Å²) in [6.07, 6.45) is 3.59. The van der Waals surface area contributed by atoms with Crippen molar-refractivity contribution in [3.8, 4) is 5.88 Å². The van der Waals surface area contributed by atoms with E-state index in [1.807, 2.05) is 24.3 Å². The largest absolute Gasteiger partial charge is 0.490 e. The number of hydrogen-bond acceptors (Lipinski definition) is 7. The minimum absolute atomic E-state index is 0.0363. The lowest BCUT2D eigenvalue weighted by atomic mass is 10.1. The molecule has 3 aliphatic heterocycles. The molecule has 1 aromatic carbocycles. The van der Waals surface area contributed by atoms with Crippen LogP contribution in [0.25, 0.3) is 0 Å². The Labute approximate surface area is 235 Å². The average molecular weight is 603 g/mol. The van der Waals surface area contributed by atoms with Crippen molar-refractivity contribution in [2.75, 3.05) is 44.2 Å². The van der Waals surface area contributed by atoms with E-state index in [0.717, 1.165) is 44.6 Å². The van der Waals surface area contributed by atoms with Crippen LogP contribution in [-0.4, -0.2) is 91.3 Å². The van der Waals surface area contributed by atoms with Gasteiger partial charge in [-0.2, -0.15) is 17.5 Å². The molecule has 40 heavy (non-hydrogen) atoms. The smallest absolute Gasteiger partial charge is 0.475 e. The number of carboxylic acid groups (broad SMARTS) is 1. The van der Waals surface area contributed by atoms with Crippen LogP contribution in [0.5, 0.6) is 5.88 Å². The maximum absolute atomic E-state index is 13.3. The number of halogens is 4. The van der Waals surface area contributed by atoms with Crippen LogP contribution in [-0.2, 0) is 14.8 Å². The standard InChI is InChI=1S/C24H29ClN4O3S.C2HF3O2/c25-22-17-20(28-14-10-21(18-28)32-24-5-1-2-11-26-24)6-7-23(22)33(30,31)29-15-8-19(9-16-29)27-12-3-4-13-27;3-2(4,5)1(6)7/h1-7,11,17,19,21H,8-10,12-16,18H2;(H,6,7). The van der Waals surface area contributed by atoms with E-state index in [-0.39, 0.29) is 16.0 Å². The van der Waals surface area contributed by atoms with Gasteiger partial charge in [-0.3, -0.25) is 4.90 Å². The zero-order chi connectivity index (χ0) is 28.9. The Balaban J connectivity index is 0.000000470. The van der Waals surface area contributed by atoms with Crippen molar-refractivity contribution in [2.45, 2.75) is 42.5 Å². The van der Waals surface area contributed by atoms with Crippen molar-refractivity contribution < 1.29 is 36.2 Å². The third-order valence-electron chi connectivity index (χ3n) is 7.00. The van der Waals surface area contributed by atoms with Crippen LogP contribution in [0.1, 0.15) is 19.3 Å². The number of aromatic nitrogens is 1. The molecule has 1 atom stereocenters. The lowest BCUT2D eigenvalue weighted by Gasteiger charge is -2.36. The molecule has 0 amide bonds. The number of alkyl halides is 3. The lowest BCUT2D eigenvalue weighted by molar-refractivity contribution is -0.192. The zero-order valence-corrected chi connectivity index (χ0v) is 23.1. The highest BCUT2D eigenvalue weighted by atomic mass is 35.5. The van der Waals surface area contributed by atoms with Gasteiger partial charge in [-0.25, -0.2) is 18.2 Å². The van der Waals surface area contributed by atoms with Gasteiger partial charge in [-0.1, -0.05) is 29.8 Å². The molecule has 2 saturated heterocycles. The van der Waals surface area contributed by atoms with Crippen molar-refractivity contribution in [2.24, 2.45) is 0 Å². The predicted molar refractivity (Wildman–Crippen MR) is 143 cm³/mol. The summed E-state index contributed by atoms with van der Waals surface area (Å²) in [7, 11) is -3.62. The van der Waals surface area contributed by atoms with Gasteiger partial charge >= 0.3 is 12.1 Å². The van der Waals surface area contributed by atoms with Gasteiger partial charge in [-0.05, 0) is 37.1 Å². The van der Waals surface area contributed by atoms with Crippen LogP contribution in [0.15, 0.2) is 59.6 Å². The molecule has 0 radical (unpaired) electrons. The second-order valence-electron chi connectivity index (χ2n) is 9.62. The number of carbonyl (C=O) groups is 1. The van der Waals surface area contributed by atoms with E-state index < -0.39 is 22.2 Å². The molecule has 0 aliphatic carbocycles. The second-order valence-corrected chi connectivity index (χ2v) is 11.9. The number of rotatable bonds is 6. The molecule has 0 saturated carbocycles. The number of piperidine rings is 1. The number of sulfonamides is 1. The second kappa shape index (κ2) is 12.8. The highest BCUT2D eigenvalue weighted by Crippen LogP contribution is 2.33. The van der Waals surface area contributed by atoms with Crippen LogP contribution in [0.3, 0.4) is 0 Å². The van der Waals surface area contributed by atoms with E-state index in [9.17, 15) is 21.6 Å². The zero-order valence-electron chi connectivity index (χ0n) is 21.5. The van der Waals surface area contributed by atoms with Crippen LogP contribution in [0.4, 0.5) is 18.9 Å². The first-order valence-electron chi connectivity index (χ1n) is 12.8. The Hall–Kier alpha value is -2.87. The summed E-state index contributed by atoms with van der Waals surface area (Å²) >= 11 is 6.52. The monoisotopic (exact) mass is 602 g/mol. The van der Waals surface area contributed by atoms with E-state index >= 15 is 0 Å². The molecular weight excluding hydrogens is 573 g/mol. The summed E-state index contributed by atoms with van der Waals surface area (Å²) in [4.78, 5) is 17.9. The molecule has 2 fully saturated rings. The highest BCUT2D eigenvalue weighted by molar-refractivity contribution is 7.89. The molecule has 2 aromatic rings. The van der Waals surface area contributed by atoms with Gasteiger partial charge in [0, 0.05) is 63.1 Å². The Morgan fingerprint density at radius 3 is 2.30 bits per heavy atom. The van der Waals surface area contributed by atoms with Gasteiger partial charge in [0.2, 0.25) is 15.9 Å². The average Bonchev–Trinajstić information content (AvgIpc) is 3.62. The highest BCUT2D eigenvalue weighted by Gasteiger charge is 2.38. The van der Waals surface area contributed by atoms with Crippen molar-refractivity contribution in [1.82, 2.24) is 14.2 Å². The molecule has 5 rings (SSSR count). The van der Waals surface area contributed by atoms with Gasteiger partial charge in [0.25, 0.3) is 0 Å².